The van der Waals surface area contributed by atoms with Crippen LogP contribution >= 0.6 is 12.6 Å². The van der Waals surface area contributed by atoms with Gasteiger partial charge in [0.2, 0.25) is 0 Å². The standard InChI is InChI=1S/C11H18S/c1-2-3-9-11(12)10-7-5-4-6-8-10/h2-3,9-10,12H,4-8H2,1H3/b3-2-,11-9-. The summed E-state index contributed by atoms with van der Waals surface area (Å²) in [6.45, 7) is 2.04. The first-order valence-electron chi connectivity index (χ1n) is 4.86. The maximum atomic E-state index is 4.52. The third-order valence-corrected chi connectivity index (χ3v) is 3.00. The van der Waals surface area contributed by atoms with E-state index in [0.717, 1.165) is 5.92 Å². The highest BCUT2D eigenvalue weighted by Crippen LogP contribution is 2.31. The van der Waals surface area contributed by atoms with Crippen molar-refractivity contribution in [2.45, 2.75) is 39.0 Å². The molecule has 0 heterocycles. The van der Waals surface area contributed by atoms with Gasteiger partial charge in [0.1, 0.15) is 0 Å². The Kier molecular flexibility index (Phi) is 4.52. The van der Waals surface area contributed by atoms with Gasteiger partial charge in [0.05, 0.1) is 0 Å². The van der Waals surface area contributed by atoms with E-state index in [1.54, 1.807) is 0 Å². The van der Waals surface area contributed by atoms with Crippen LogP contribution in [0.25, 0.3) is 0 Å². The van der Waals surface area contributed by atoms with Crippen LogP contribution in [0.5, 0.6) is 0 Å². The molecule has 0 unspecified atom stereocenters. The molecule has 1 heteroatoms. The highest BCUT2D eigenvalue weighted by molar-refractivity contribution is 7.84. The van der Waals surface area contributed by atoms with Gasteiger partial charge in [-0.2, -0.15) is 0 Å². The summed E-state index contributed by atoms with van der Waals surface area (Å²) in [6.07, 6.45) is 13.1. The molecule has 1 rings (SSSR count). The first-order chi connectivity index (χ1) is 5.84. The molecule has 0 bridgehead atoms. The summed E-state index contributed by atoms with van der Waals surface area (Å²) in [4.78, 5) is 1.27. The molecular formula is C11H18S. The Morgan fingerprint density at radius 2 is 1.92 bits per heavy atom. The SMILES string of the molecule is C/C=C\C=C(/S)C1CCCCC1. The molecular weight excluding hydrogens is 164 g/mol. The fourth-order valence-electron chi connectivity index (χ4n) is 1.73. The lowest BCUT2D eigenvalue weighted by atomic mass is 9.89. The summed E-state index contributed by atoms with van der Waals surface area (Å²) in [6, 6.07) is 0. The largest absolute Gasteiger partial charge is 0.148 e. The van der Waals surface area contributed by atoms with Crippen molar-refractivity contribution < 1.29 is 0 Å². The topological polar surface area (TPSA) is 0 Å². The molecule has 0 aromatic heterocycles. The van der Waals surface area contributed by atoms with Crippen LogP contribution in [0.15, 0.2) is 23.1 Å². The third-order valence-electron chi connectivity index (χ3n) is 2.48. The van der Waals surface area contributed by atoms with E-state index >= 15 is 0 Å². The van der Waals surface area contributed by atoms with Crippen molar-refractivity contribution in [3.63, 3.8) is 0 Å². The molecule has 0 saturated heterocycles. The van der Waals surface area contributed by atoms with Crippen molar-refractivity contribution in [3.8, 4) is 0 Å². The van der Waals surface area contributed by atoms with Gasteiger partial charge in [-0.15, -0.1) is 12.6 Å². The van der Waals surface area contributed by atoms with Crippen molar-refractivity contribution in [2.75, 3.05) is 0 Å². The summed E-state index contributed by atoms with van der Waals surface area (Å²) in [5.41, 5.74) is 0. The van der Waals surface area contributed by atoms with E-state index in [2.05, 4.69) is 30.9 Å². The predicted octanol–water partition coefficient (Wildman–Crippen LogP) is 3.96. The van der Waals surface area contributed by atoms with Gasteiger partial charge in [-0.25, -0.2) is 0 Å². The van der Waals surface area contributed by atoms with Crippen molar-refractivity contribution in [3.05, 3.63) is 23.1 Å². The van der Waals surface area contributed by atoms with Gasteiger partial charge in [-0.1, -0.05) is 37.5 Å². The molecule has 1 saturated carbocycles. The maximum absolute atomic E-state index is 4.52. The molecule has 0 aliphatic heterocycles. The normalized spacial score (nSPS) is 22.0. The van der Waals surface area contributed by atoms with Crippen LogP contribution < -0.4 is 0 Å². The second kappa shape index (κ2) is 5.47. The average molecular weight is 182 g/mol. The number of hydrogen-bond acceptors (Lipinski definition) is 1. The molecule has 0 N–H and O–H groups in total. The number of hydrogen-bond donors (Lipinski definition) is 1. The van der Waals surface area contributed by atoms with Gasteiger partial charge < -0.3 is 0 Å². The molecule has 0 radical (unpaired) electrons. The highest BCUT2D eigenvalue weighted by atomic mass is 32.1. The van der Waals surface area contributed by atoms with E-state index < -0.39 is 0 Å². The lowest BCUT2D eigenvalue weighted by Gasteiger charge is -2.21. The van der Waals surface area contributed by atoms with Crippen LogP contribution in [0.2, 0.25) is 0 Å². The Hall–Kier alpha value is -0.170. The molecule has 1 aliphatic rings. The lowest BCUT2D eigenvalue weighted by molar-refractivity contribution is 0.415. The lowest BCUT2D eigenvalue weighted by Crippen LogP contribution is -2.05. The highest BCUT2D eigenvalue weighted by Gasteiger charge is 2.14. The van der Waals surface area contributed by atoms with E-state index in [-0.39, 0.29) is 0 Å². The first kappa shape index (κ1) is 9.91. The fourth-order valence-corrected chi connectivity index (χ4v) is 2.07. The fraction of sp³-hybridized carbons (Fsp3) is 0.636. The van der Waals surface area contributed by atoms with Crippen molar-refractivity contribution in [1.82, 2.24) is 0 Å². The number of allylic oxidation sites excluding steroid dienone is 4. The molecule has 1 fully saturated rings. The van der Waals surface area contributed by atoms with E-state index in [1.165, 1.54) is 37.0 Å². The predicted molar refractivity (Wildman–Crippen MR) is 58.5 cm³/mol. The number of rotatable bonds is 2. The molecule has 0 aromatic carbocycles. The van der Waals surface area contributed by atoms with Gasteiger partial charge in [0.25, 0.3) is 0 Å². The van der Waals surface area contributed by atoms with Crippen LogP contribution in [0.4, 0.5) is 0 Å². The zero-order chi connectivity index (χ0) is 8.81. The smallest absolute Gasteiger partial charge is 0.0104 e. The number of thiol groups is 1. The van der Waals surface area contributed by atoms with Crippen molar-refractivity contribution in [2.24, 2.45) is 5.92 Å². The molecule has 0 atom stereocenters. The Morgan fingerprint density at radius 1 is 1.25 bits per heavy atom. The summed E-state index contributed by atoms with van der Waals surface area (Å²) >= 11 is 4.52. The van der Waals surface area contributed by atoms with Crippen LogP contribution in [0.1, 0.15) is 39.0 Å². The van der Waals surface area contributed by atoms with Gasteiger partial charge in [0.15, 0.2) is 0 Å². The van der Waals surface area contributed by atoms with Crippen LogP contribution in [-0.4, -0.2) is 0 Å². The molecule has 68 valence electrons. The van der Waals surface area contributed by atoms with Crippen LogP contribution in [-0.2, 0) is 0 Å². The molecule has 0 aromatic rings. The molecule has 1 aliphatic carbocycles. The van der Waals surface area contributed by atoms with Crippen LogP contribution in [0, 0.1) is 5.92 Å². The zero-order valence-electron chi connectivity index (χ0n) is 7.79. The quantitative estimate of drug-likeness (QED) is 0.485. The summed E-state index contributed by atoms with van der Waals surface area (Å²) in [5, 5.41) is 0. The average Bonchev–Trinajstić information content (AvgIpc) is 2.15. The zero-order valence-corrected chi connectivity index (χ0v) is 8.69. The Labute approximate surface area is 81.2 Å². The van der Waals surface area contributed by atoms with E-state index in [0.29, 0.717) is 0 Å². The maximum Gasteiger partial charge on any atom is -0.0104 e. The summed E-state index contributed by atoms with van der Waals surface area (Å²) in [7, 11) is 0. The van der Waals surface area contributed by atoms with E-state index in [9.17, 15) is 0 Å². The molecule has 0 nitrogen and oxygen atoms in total. The van der Waals surface area contributed by atoms with E-state index in [1.807, 2.05) is 6.92 Å². The van der Waals surface area contributed by atoms with Gasteiger partial charge in [0, 0.05) is 0 Å². The van der Waals surface area contributed by atoms with Gasteiger partial charge in [-0.05, 0) is 30.6 Å². The Balaban J connectivity index is 2.44. The minimum absolute atomic E-state index is 0.748. The molecule has 0 amide bonds. The van der Waals surface area contributed by atoms with Gasteiger partial charge >= 0.3 is 0 Å². The van der Waals surface area contributed by atoms with Crippen molar-refractivity contribution >= 4 is 12.6 Å². The summed E-state index contributed by atoms with van der Waals surface area (Å²) in [5.74, 6) is 0.748. The summed E-state index contributed by atoms with van der Waals surface area (Å²) < 4.78 is 0. The minimum atomic E-state index is 0.748. The molecule has 0 spiro atoms. The van der Waals surface area contributed by atoms with E-state index in [4.69, 9.17) is 0 Å². The second-order valence-electron chi connectivity index (χ2n) is 3.45. The molecule has 12 heavy (non-hydrogen) atoms. The Bertz CT molecular complexity index is 173. The Morgan fingerprint density at radius 3 is 2.50 bits per heavy atom. The first-order valence-corrected chi connectivity index (χ1v) is 5.31. The van der Waals surface area contributed by atoms with Crippen LogP contribution in [0.3, 0.4) is 0 Å². The second-order valence-corrected chi connectivity index (χ2v) is 3.97. The third kappa shape index (κ3) is 3.06. The van der Waals surface area contributed by atoms with Gasteiger partial charge in [-0.3, -0.25) is 0 Å². The van der Waals surface area contributed by atoms with Crippen molar-refractivity contribution in [1.29, 1.82) is 0 Å². The monoisotopic (exact) mass is 182 g/mol. The minimum Gasteiger partial charge on any atom is -0.148 e.